The lowest BCUT2D eigenvalue weighted by atomic mass is 10.1. The minimum Gasteiger partial charge on any atom is -0.444 e. The van der Waals surface area contributed by atoms with E-state index >= 15 is 0 Å². The maximum atomic E-state index is 12.2. The van der Waals surface area contributed by atoms with Crippen LogP contribution in [0.15, 0.2) is 29.6 Å². The molecule has 0 radical (unpaired) electrons. The molecule has 144 valence electrons. The summed E-state index contributed by atoms with van der Waals surface area (Å²) in [6, 6.07) is 5.14. The van der Waals surface area contributed by atoms with Gasteiger partial charge in [0.05, 0.1) is 10.6 Å². The quantitative estimate of drug-likeness (QED) is 0.592. The zero-order valence-electron chi connectivity index (χ0n) is 15.3. The number of hydrogen-bond donors (Lipinski definition) is 2. The molecule has 0 saturated heterocycles. The van der Waals surface area contributed by atoms with Gasteiger partial charge < -0.3 is 15.4 Å². The Bertz CT molecular complexity index is 842. The number of hydrogen-bond acceptors (Lipinski definition) is 7. The van der Waals surface area contributed by atoms with E-state index in [4.69, 9.17) is 4.74 Å². The summed E-state index contributed by atoms with van der Waals surface area (Å²) in [5.41, 5.74) is 0.606. The number of nitro groups is 1. The third-order valence-corrected chi connectivity index (χ3v) is 3.99. The van der Waals surface area contributed by atoms with Gasteiger partial charge in [0.1, 0.15) is 11.6 Å². The van der Waals surface area contributed by atoms with Gasteiger partial charge in [0.2, 0.25) is 5.91 Å². The summed E-state index contributed by atoms with van der Waals surface area (Å²) in [7, 11) is 0. The topological polar surface area (TPSA) is 123 Å². The van der Waals surface area contributed by atoms with Crippen molar-refractivity contribution in [2.75, 3.05) is 5.32 Å². The van der Waals surface area contributed by atoms with E-state index in [1.165, 1.54) is 30.4 Å². The molecule has 10 heteroatoms. The summed E-state index contributed by atoms with van der Waals surface area (Å²) >= 11 is 1.21. The number of ether oxygens (including phenoxy) is 1. The van der Waals surface area contributed by atoms with Crippen LogP contribution in [0, 0.1) is 10.1 Å². The van der Waals surface area contributed by atoms with Gasteiger partial charge >= 0.3 is 6.09 Å². The lowest BCUT2D eigenvalue weighted by molar-refractivity contribution is -0.384. The van der Waals surface area contributed by atoms with E-state index in [0.29, 0.717) is 16.4 Å². The molecule has 2 rings (SSSR count). The zero-order valence-corrected chi connectivity index (χ0v) is 16.1. The van der Waals surface area contributed by atoms with Crippen molar-refractivity contribution in [3.63, 3.8) is 0 Å². The number of nitrogens with zero attached hydrogens (tertiary/aromatic N) is 2. The summed E-state index contributed by atoms with van der Waals surface area (Å²) in [5.74, 6) is -0.439. The fourth-order valence-electron chi connectivity index (χ4n) is 1.98. The van der Waals surface area contributed by atoms with Crippen molar-refractivity contribution in [2.45, 2.75) is 39.3 Å². The molecule has 2 amide bonds. The first kappa shape index (κ1) is 20.3. The Kier molecular flexibility index (Phi) is 6.11. The average Bonchev–Trinajstić information content (AvgIpc) is 3.01. The van der Waals surface area contributed by atoms with Crippen molar-refractivity contribution in [1.29, 1.82) is 0 Å². The van der Waals surface area contributed by atoms with Crippen LogP contribution in [-0.2, 0) is 9.53 Å². The molecule has 27 heavy (non-hydrogen) atoms. The monoisotopic (exact) mass is 392 g/mol. The molecule has 1 atom stereocenters. The van der Waals surface area contributed by atoms with E-state index in [2.05, 4.69) is 15.6 Å². The Labute approximate surface area is 159 Å². The van der Waals surface area contributed by atoms with Crippen LogP contribution in [0.3, 0.4) is 0 Å². The second-order valence-electron chi connectivity index (χ2n) is 6.70. The first-order chi connectivity index (χ1) is 12.5. The van der Waals surface area contributed by atoms with Gasteiger partial charge in [-0.1, -0.05) is 0 Å². The normalized spacial score (nSPS) is 12.1. The van der Waals surface area contributed by atoms with Gasteiger partial charge in [0.15, 0.2) is 5.13 Å². The Morgan fingerprint density at radius 3 is 2.44 bits per heavy atom. The third kappa shape index (κ3) is 6.03. The molecule has 0 spiro atoms. The summed E-state index contributed by atoms with van der Waals surface area (Å²) in [5, 5.41) is 17.8. The molecule has 1 aromatic carbocycles. The van der Waals surface area contributed by atoms with E-state index in [9.17, 15) is 19.7 Å². The maximum absolute atomic E-state index is 12.2. The number of benzene rings is 1. The van der Waals surface area contributed by atoms with Crippen LogP contribution in [0.25, 0.3) is 11.3 Å². The van der Waals surface area contributed by atoms with Crippen LogP contribution in [0.1, 0.15) is 27.7 Å². The standard InChI is InChI=1S/C17H20N4O5S/c1-10(18-16(23)26-17(2,3)4)14(22)20-15-19-13(9-27-15)11-5-7-12(8-6-11)21(24)25/h5-10H,1-4H3,(H,18,23)(H,19,20,22). The number of amides is 2. The Morgan fingerprint density at radius 2 is 1.89 bits per heavy atom. The van der Waals surface area contributed by atoms with E-state index in [1.54, 1.807) is 38.3 Å². The van der Waals surface area contributed by atoms with Gasteiger partial charge in [-0.2, -0.15) is 0 Å². The van der Waals surface area contributed by atoms with Gasteiger partial charge in [-0.3, -0.25) is 14.9 Å². The largest absolute Gasteiger partial charge is 0.444 e. The predicted octanol–water partition coefficient (Wildman–Crippen LogP) is 3.57. The van der Waals surface area contributed by atoms with Crippen LogP contribution in [-0.4, -0.2) is 33.6 Å². The highest BCUT2D eigenvalue weighted by molar-refractivity contribution is 7.14. The number of carbonyl (C=O) groups excluding carboxylic acids is 2. The predicted molar refractivity (Wildman–Crippen MR) is 102 cm³/mol. The summed E-state index contributed by atoms with van der Waals surface area (Å²) in [4.78, 5) is 38.4. The number of nitro benzene ring substituents is 1. The van der Waals surface area contributed by atoms with E-state index in [1.807, 2.05) is 0 Å². The zero-order chi connectivity index (χ0) is 20.2. The number of non-ortho nitro benzene ring substituents is 1. The molecule has 0 saturated carbocycles. The minimum absolute atomic E-state index is 0.00968. The fourth-order valence-corrected chi connectivity index (χ4v) is 2.70. The van der Waals surface area contributed by atoms with Gasteiger partial charge in [-0.05, 0) is 39.8 Å². The molecular weight excluding hydrogens is 372 g/mol. The lowest BCUT2D eigenvalue weighted by Gasteiger charge is -2.21. The van der Waals surface area contributed by atoms with Crippen molar-refractivity contribution in [3.05, 3.63) is 39.8 Å². The van der Waals surface area contributed by atoms with Gasteiger partial charge in [-0.25, -0.2) is 9.78 Å². The highest BCUT2D eigenvalue weighted by Gasteiger charge is 2.21. The maximum Gasteiger partial charge on any atom is 0.408 e. The molecular formula is C17H20N4O5S. The minimum atomic E-state index is -0.813. The number of anilines is 1. The van der Waals surface area contributed by atoms with E-state index in [-0.39, 0.29) is 5.69 Å². The number of nitrogens with one attached hydrogen (secondary N) is 2. The molecule has 0 aliphatic carbocycles. The number of rotatable bonds is 5. The molecule has 0 fully saturated rings. The molecule has 0 aliphatic rings. The molecule has 1 heterocycles. The molecule has 9 nitrogen and oxygen atoms in total. The van der Waals surface area contributed by atoms with Crippen molar-refractivity contribution in [3.8, 4) is 11.3 Å². The number of aromatic nitrogens is 1. The van der Waals surface area contributed by atoms with Gasteiger partial charge in [0, 0.05) is 23.1 Å². The highest BCUT2D eigenvalue weighted by atomic mass is 32.1. The smallest absolute Gasteiger partial charge is 0.408 e. The van der Waals surface area contributed by atoms with E-state index < -0.39 is 28.6 Å². The number of alkyl carbamates (subject to hydrolysis) is 1. The number of thiazole rings is 1. The Balaban J connectivity index is 1.97. The molecule has 1 aromatic heterocycles. The summed E-state index contributed by atoms with van der Waals surface area (Å²) < 4.78 is 5.11. The van der Waals surface area contributed by atoms with Gasteiger partial charge in [-0.15, -0.1) is 11.3 Å². The SMILES string of the molecule is CC(NC(=O)OC(C)(C)C)C(=O)Nc1nc(-c2ccc([N+](=O)[O-])cc2)cs1. The second kappa shape index (κ2) is 8.12. The Morgan fingerprint density at radius 1 is 1.26 bits per heavy atom. The van der Waals surface area contributed by atoms with E-state index in [0.717, 1.165) is 0 Å². The first-order valence-corrected chi connectivity index (χ1v) is 8.94. The van der Waals surface area contributed by atoms with Crippen molar-refractivity contribution in [1.82, 2.24) is 10.3 Å². The molecule has 2 aromatic rings. The van der Waals surface area contributed by atoms with Crippen molar-refractivity contribution in [2.24, 2.45) is 0 Å². The van der Waals surface area contributed by atoms with Crippen LogP contribution >= 0.6 is 11.3 Å². The fraction of sp³-hybridized carbons (Fsp3) is 0.353. The molecule has 1 unspecified atom stereocenters. The number of carbonyl (C=O) groups is 2. The third-order valence-electron chi connectivity index (χ3n) is 3.23. The average molecular weight is 392 g/mol. The molecule has 0 bridgehead atoms. The molecule has 2 N–H and O–H groups in total. The summed E-state index contributed by atoms with van der Waals surface area (Å²) in [6.07, 6.45) is -0.684. The van der Waals surface area contributed by atoms with Crippen molar-refractivity contribution >= 4 is 34.2 Å². The Hall–Kier alpha value is -3.01. The first-order valence-electron chi connectivity index (χ1n) is 8.06. The summed E-state index contributed by atoms with van der Waals surface area (Å²) in [6.45, 7) is 6.72. The molecule has 0 aliphatic heterocycles. The van der Waals surface area contributed by atoms with Crippen LogP contribution in [0.4, 0.5) is 15.6 Å². The van der Waals surface area contributed by atoms with Crippen LogP contribution < -0.4 is 10.6 Å². The lowest BCUT2D eigenvalue weighted by Crippen LogP contribution is -2.43. The van der Waals surface area contributed by atoms with Crippen LogP contribution in [0.5, 0.6) is 0 Å². The second-order valence-corrected chi connectivity index (χ2v) is 7.56. The van der Waals surface area contributed by atoms with Crippen LogP contribution in [0.2, 0.25) is 0 Å². The van der Waals surface area contributed by atoms with Crippen molar-refractivity contribution < 1.29 is 19.2 Å². The highest BCUT2D eigenvalue weighted by Crippen LogP contribution is 2.26. The van der Waals surface area contributed by atoms with Gasteiger partial charge in [0.25, 0.3) is 5.69 Å².